The number of nitrogens with one attached hydrogen (secondary N) is 1. The predicted octanol–water partition coefficient (Wildman–Crippen LogP) is 5.32. The Kier molecular flexibility index (Phi) is 10.5. The fourth-order valence-electron chi connectivity index (χ4n) is 3.95. The summed E-state index contributed by atoms with van der Waals surface area (Å²) >= 11 is 5.97. The number of unbranched alkanes of at least 4 members (excludes halogenated alkanes) is 1. The van der Waals surface area contributed by atoms with Crippen LogP contribution in [0, 0.1) is 12.7 Å². The summed E-state index contributed by atoms with van der Waals surface area (Å²) in [7, 11) is -4.18. The number of rotatable bonds is 12. The highest BCUT2D eigenvalue weighted by molar-refractivity contribution is 7.92. The zero-order chi connectivity index (χ0) is 28.6. The molecule has 0 saturated heterocycles. The normalized spacial score (nSPS) is 12.0. The average Bonchev–Trinajstić information content (AvgIpc) is 2.91. The minimum Gasteiger partial charge on any atom is -0.354 e. The highest BCUT2D eigenvalue weighted by atomic mass is 35.5. The topological polar surface area (TPSA) is 86.8 Å². The summed E-state index contributed by atoms with van der Waals surface area (Å²) in [6, 6.07) is 17.2. The van der Waals surface area contributed by atoms with Crippen LogP contribution in [0.15, 0.2) is 77.7 Å². The van der Waals surface area contributed by atoms with E-state index in [1.54, 1.807) is 25.1 Å². The molecule has 3 aromatic carbocycles. The third kappa shape index (κ3) is 8.03. The molecule has 0 spiro atoms. The molecule has 3 rings (SSSR count). The molecule has 0 saturated carbocycles. The average molecular weight is 574 g/mol. The van der Waals surface area contributed by atoms with Crippen molar-refractivity contribution in [3.63, 3.8) is 0 Å². The number of hydrogen-bond donors (Lipinski definition) is 1. The minimum absolute atomic E-state index is 0.00979. The van der Waals surface area contributed by atoms with Crippen molar-refractivity contribution in [3.05, 3.63) is 94.8 Å². The van der Waals surface area contributed by atoms with Crippen LogP contribution in [0.3, 0.4) is 0 Å². The van der Waals surface area contributed by atoms with Crippen LogP contribution in [0.5, 0.6) is 0 Å². The molecule has 39 heavy (non-hydrogen) atoms. The van der Waals surface area contributed by atoms with Crippen molar-refractivity contribution in [2.24, 2.45) is 0 Å². The Hall–Kier alpha value is -3.43. The number of halogens is 2. The lowest BCUT2D eigenvalue weighted by atomic mass is 10.1. The zero-order valence-corrected chi connectivity index (χ0v) is 23.8. The van der Waals surface area contributed by atoms with Gasteiger partial charge in [-0.2, -0.15) is 0 Å². The quantitative estimate of drug-likeness (QED) is 0.297. The lowest BCUT2D eigenvalue weighted by molar-refractivity contribution is -0.139. The van der Waals surface area contributed by atoms with E-state index in [0.29, 0.717) is 22.8 Å². The van der Waals surface area contributed by atoms with Gasteiger partial charge in [0.15, 0.2) is 0 Å². The summed E-state index contributed by atoms with van der Waals surface area (Å²) < 4.78 is 42.1. The maximum absolute atomic E-state index is 13.8. The number of amides is 2. The molecule has 0 fully saturated rings. The summed E-state index contributed by atoms with van der Waals surface area (Å²) in [5.74, 6) is -1.38. The van der Waals surface area contributed by atoms with Gasteiger partial charge in [0.05, 0.1) is 10.6 Å². The SMILES string of the molecule is CCCCNC(=O)[C@@H](C)N(Cc1ccc(F)cc1)C(=O)CN(c1cccc(C)c1)S(=O)(=O)c1ccc(Cl)cc1. The zero-order valence-electron chi connectivity index (χ0n) is 22.2. The Bertz CT molecular complexity index is 1380. The van der Waals surface area contributed by atoms with E-state index in [1.807, 2.05) is 19.9 Å². The molecule has 0 heterocycles. The van der Waals surface area contributed by atoms with E-state index in [1.165, 1.54) is 53.4 Å². The molecule has 2 amide bonds. The van der Waals surface area contributed by atoms with Gasteiger partial charge in [0.1, 0.15) is 18.4 Å². The molecule has 0 radical (unpaired) electrons. The Morgan fingerprint density at radius 2 is 1.69 bits per heavy atom. The third-order valence-corrected chi connectivity index (χ3v) is 8.27. The van der Waals surface area contributed by atoms with Crippen LogP contribution in [0.25, 0.3) is 0 Å². The van der Waals surface area contributed by atoms with Gasteiger partial charge in [-0.25, -0.2) is 12.8 Å². The monoisotopic (exact) mass is 573 g/mol. The lowest BCUT2D eigenvalue weighted by Crippen LogP contribution is -2.51. The second-order valence-electron chi connectivity index (χ2n) is 9.27. The Labute approximate surface area is 234 Å². The highest BCUT2D eigenvalue weighted by Gasteiger charge is 2.32. The van der Waals surface area contributed by atoms with E-state index < -0.39 is 34.3 Å². The van der Waals surface area contributed by atoms with Crippen molar-refractivity contribution in [1.82, 2.24) is 10.2 Å². The van der Waals surface area contributed by atoms with Crippen LogP contribution < -0.4 is 9.62 Å². The van der Waals surface area contributed by atoms with Gasteiger partial charge < -0.3 is 10.2 Å². The van der Waals surface area contributed by atoms with Gasteiger partial charge in [-0.3, -0.25) is 13.9 Å². The fraction of sp³-hybridized carbons (Fsp3) is 0.310. The van der Waals surface area contributed by atoms with Crippen molar-refractivity contribution in [3.8, 4) is 0 Å². The fourth-order valence-corrected chi connectivity index (χ4v) is 5.48. The van der Waals surface area contributed by atoms with Crippen molar-refractivity contribution >= 4 is 39.1 Å². The lowest BCUT2D eigenvalue weighted by Gasteiger charge is -2.32. The molecular weight excluding hydrogens is 541 g/mol. The number of benzene rings is 3. The van der Waals surface area contributed by atoms with Gasteiger partial charge in [0.25, 0.3) is 10.0 Å². The second kappa shape index (κ2) is 13.6. The number of aryl methyl sites for hydroxylation is 1. The summed E-state index contributed by atoms with van der Waals surface area (Å²) in [6.45, 7) is 5.31. The predicted molar refractivity (Wildman–Crippen MR) is 151 cm³/mol. The maximum atomic E-state index is 13.8. The van der Waals surface area contributed by atoms with Gasteiger partial charge in [0, 0.05) is 18.1 Å². The number of hydrogen-bond acceptors (Lipinski definition) is 4. The summed E-state index contributed by atoms with van der Waals surface area (Å²) in [6.07, 6.45) is 1.67. The van der Waals surface area contributed by atoms with E-state index in [4.69, 9.17) is 11.6 Å². The van der Waals surface area contributed by atoms with Crippen molar-refractivity contribution < 1.29 is 22.4 Å². The number of anilines is 1. The summed E-state index contributed by atoms with van der Waals surface area (Å²) in [5.41, 5.74) is 1.71. The van der Waals surface area contributed by atoms with Crippen LogP contribution >= 0.6 is 11.6 Å². The van der Waals surface area contributed by atoms with Crippen LogP contribution in [-0.4, -0.2) is 44.3 Å². The van der Waals surface area contributed by atoms with E-state index in [9.17, 15) is 22.4 Å². The molecule has 1 atom stereocenters. The standard InChI is InChI=1S/C29H33ClFN3O4S/c1-4-5-17-32-29(36)22(3)33(19-23-9-13-25(31)14-10-23)28(35)20-34(26-8-6-7-21(2)18-26)39(37,38)27-15-11-24(30)12-16-27/h6-16,18,22H,4-5,17,19-20H2,1-3H3,(H,32,36)/t22-/m1/s1. The second-order valence-corrected chi connectivity index (χ2v) is 11.6. The van der Waals surface area contributed by atoms with Crippen molar-refractivity contribution in [1.29, 1.82) is 0 Å². The van der Waals surface area contributed by atoms with Gasteiger partial charge in [0.2, 0.25) is 11.8 Å². The Morgan fingerprint density at radius 3 is 2.31 bits per heavy atom. The molecule has 7 nitrogen and oxygen atoms in total. The van der Waals surface area contributed by atoms with E-state index in [-0.39, 0.29) is 17.3 Å². The molecule has 0 aromatic heterocycles. The minimum atomic E-state index is -4.18. The molecule has 1 N–H and O–H groups in total. The first-order valence-corrected chi connectivity index (χ1v) is 14.5. The molecular formula is C29H33ClFN3O4S. The number of nitrogens with zero attached hydrogens (tertiary/aromatic N) is 2. The van der Waals surface area contributed by atoms with E-state index in [2.05, 4.69) is 5.32 Å². The Morgan fingerprint density at radius 1 is 1.03 bits per heavy atom. The van der Waals surface area contributed by atoms with Crippen molar-refractivity contribution in [2.45, 2.75) is 51.1 Å². The molecule has 208 valence electrons. The van der Waals surface area contributed by atoms with E-state index in [0.717, 1.165) is 22.7 Å². The maximum Gasteiger partial charge on any atom is 0.264 e. The molecule has 10 heteroatoms. The third-order valence-electron chi connectivity index (χ3n) is 6.23. The van der Waals surface area contributed by atoms with Crippen LogP contribution in [0.4, 0.5) is 10.1 Å². The molecule has 0 aliphatic rings. The molecule has 0 aliphatic heterocycles. The van der Waals surface area contributed by atoms with Gasteiger partial charge >= 0.3 is 0 Å². The smallest absolute Gasteiger partial charge is 0.264 e. The molecule has 0 aliphatic carbocycles. The number of carbonyl (C=O) groups excluding carboxylic acids is 2. The van der Waals surface area contributed by atoms with Gasteiger partial charge in [-0.15, -0.1) is 0 Å². The van der Waals surface area contributed by atoms with Gasteiger partial charge in [-0.1, -0.05) is 49.2 Å². The first-order valence-electron chi connectivity index (χ1n) is 12.7. The Balaban J connectivity index is 1.99. The van der Waals surface area contributed by atoms with Crippen LogP contribution in [-0.2, 0) is 26.2 Å². The van der Waals surface area contributed by atoms with Crippen molar-refractivity contribution in [2.75, 3.05) is 17.4 Å². The largest absolute Gasteiger partial charge is 0.354 e. The molecule has 3 aromatic rings. The number of carbonyl (C=O) groups is 2. The summed E-state index contributed by atoms with van der Waals surface area (Å²) in [4.78, 5) is 28.1. The van der Waals surface area contributed by atoms with Crippen LogP contribution in [0.2, 0.25) is 5.02 Å². The van der Waals surface area contributed by atoms with E-state index >= 15 is 0 Å². The highest BCUT2D eigenvalue weighted by Crippen LogP contribution is 2.26. The molecule has 0 unspecified atom stereocenters. The van der Waals surface area contributed by atoms with Crippen LogP contribution in [0.1, 0.15) is 37.8 Å². The first-order chi connectivity index (χ1) is 18.5. The summed E-state index contributed by atoms with van der Waals surface area (Å²) in [5, 5.41) is 3.21. The first kappa shape index (κ1) is 30.1. The van der Waals surface area contributed by atoms with Gasteiger partial charge in [-0.05, 0) is 79.9 Å². The molecule has 0 bridgehead atoms. The number of sulfonamides is 1.